The van der Waals surface area contributed by atoms with Gasteiger partial charge in [-0.2, -0.15) is 0 Å². The van der Waals surface area contributed by atoms with E-state index in [0.29, 0.717) is 12.1 Å². The Morgan fingerprint density at radius 1 is 1.29 bits per heavy atom. The molecule has 2 atom stereocenters. The second kappa shape index (κ2) is 5.09. The second-order valence-corrected chi connectivity index (χ2v) is 5.99. The van der Waals surface area contributed by atoms with Gasteiger partial charge in [-0.3, -0.25) is 0 Å². The minimum atomic E-state index is 0.474. The van der Waals surface area contributed by atoms with E-state index in [-0.39, 0.29) is 0 Å². The highest BCUT2D eigenvalue weighted by atomic mass is 79.9. The molecule has 3 rings (SSSR count). The Morgan fingerprint density at radius 3 is 2.94 bits per heavy atom. The van der Waals surface area contributed by atoms with Gasteiger partial charge in [-0.15, -0.1) is 0 Å². The lowest BCUT2D eigenvalue weighted by atomic mass is 10.1. The Kier molecular flexibility index (Phi) is 3.50. The summed E-state index contributed by atoms with van der Waals surface area (Å²) in [6.45, 7) is 1.87. The van der Waals surface area contributed by atoms with Crippen LogP contribution in [0, 0.1) is 5.92 Å². The quantitative estimate of drug-likeness (QED) is 0.922. The second-order valence-electron chi connectivity index (χ2n) is 5.08. The number of halogens is 1. The van der Waals surface area contributed by atoms with Crippen molar-refractivity contribution in [3.05, 3.63) is 34.3 Å². The monoisotopic (exact) mass is 295 g/mol. The molecule has 1 saturated heterocycles. The Bertz CT molecular complexity index is 392. The van der Waals surface area contributed by atoms with Gasteiger partial charge in [-0.25, -0.2) is 0 Å². The van der Waals surface area contributed by atoms with Crippen LogP contribution in [0.1, 0.15) is 24.8 Å². The van der Waals surface area contributed by atoms with Gasteiger partial charge in [0.15, 0.2) is 0 Å². The lowest BCUT2D eigenvalue weighted by Gasteiger charge is -2.19. The topological polar surface area (TPSA) is 21.3 Å². The molecule has 0 bridgehead atoms. The minimum absolute atomic E-state index is 0.474. The van der Waals surface area contributed by atoms with Crippen LogP contribution in [0.2, 0.25) is 0 Å². The fourth-order valence-corrected chi connectivity index (χ4v) is 3.06. The molecular weight excluding hydrogens is 278 g/mol. The molecule has 1 N–H and O–H groups in total. The predicted octanol–water partition coefficient (Wildman–Crippen LogP) is 3.11. The van der Waals surface area contributed by atoms with Gasteiger partial charge in [-0.05, 0) is 42.9 Å². The molecule has 0 aromatic heterocycles. The molecule has 1 aromatic rings. The van der Waals surface area contributed by atoms with E-state index < -0.39 is 0 Å². The van der Waals surface area contributed by atoms with Crippen molar-refractivity contribution in [2.45, 2.75) is 38.0 Å². The van der Waals surface area contributed by atoms with Crippen LogP contribution in [0.3, 0.4) is 0 Å². The van der Waals surface area contributed by atoms with Crippen molar-refractivity contribution in [3.63, 3.8) is 0 Å². The molecule has 1 aliphatic carbocycles. The maximum atomic E-state index is 5.83. The van der Waals surface area contributed by atoms with E-state index in [0.717, 1.165) is 30.0 Å². The first-order valence-electron chi connectivity index (χ1n) is 6.42. The molecule has 1 aromatic carbocycles. The molecule has 1 aliphatic heterocycles. The first kappa shape index (κ1) is 11.7. The molecule has 1 heterocycles. The van der Waals surface area contributed by atoms with E-state index in [4.69, 9.17) is 4.74 Å². The largest absolute Gasteiger partial charge is 0.376 e. The number of rotatable bonds is 4. The summed E-state index contributed by atoms with van der Waals surface area (Å²) < 4.78 is 6.98. The highest BCUT2D eigenvalue weighted by molar-refractivity contribution is 9.10. The van der Waals surface area contributed by atoms with Crippen molar-refractivity contribution in [2.75, 3.05) is 6.61 Å². The summed E-state index contributed by atoms with van der Waals surface area (Å²) in [4.78, 5) is 0. The average Bonchev–Trinajstić information content (AvgIpc) is 3.06. The number of nitrogens with one attached hydrogen (secondary N) is 1. The van der Waals surface area contributed by atoms with Gasteiger partial charge < -0.3 is 10.1 Å². The summed E-state index contributed by atoms with van der Waals surface area (Å²) in [6.07, 6.45) is 4.36. The molecule has 0 amide bonds. The Hall–Kier alpha value is -0.380. The Morgan fingerprint density at radius 2 is 2.18 bits per heavy atom. The van der Waals surface area contributed by atoms with Gasteiger partial charge in [0, 0.05) is 23.7 Å². The highest BCUT2D eigenvalue weighted by Crippen LogP contribution is 2.38. The Balaban J connectivity index is 1.56. The van der Waals surface area contributed by atoms with Crippen molar-refractivity contribution in [1.29, 1.82) is 0 Å². The van der Waals surface area contributed by atoms with E-state index in [1.807, 2.05) is 0 Å². The van der Waals surface area contributed by atoms with E-state index in [2.05, 4.69) is 45.5 Å². The van der Waals surface area contributed by atoms with Gasteiger partial charge in [0.05, 0.1) is 6.10 Å². The van der Waals surface area contributed by atoms with Crippen LogP contribution < -0.4 is 5.32 Å². The molecule has 0 radical (unpaired) electrons. The highest BCUT2D eigenvalue weighted by Gasteiger charge is 2.40. The van der Waals surface area contributed by atoms with Crippen molar-refractivity contribution in [1.82, 2.24) is 5.32 Å². The molecule has 2 fully saturated rings. The maximum absolute atomic E-state index is 5.83. The molecule has 1 saturated carbocycles. The van der Waals surface area contributed by atoms with Crippen LogP contribution in [0.25, 0.3) is 0 Å². The summed E-state index contributed by atoms with van der Waals surface area (Å²) >= 11 is 3.51. The molecule has 2 nitrogen and oxygen atoms in total. The molecule has 92 valence electrons. The normalized spacial score (nSPS) is 28.5. The van der Waals surface area contributed by atoms with E-state index >= 15 is 0 Å². The van der Waals surface area contributed by atoms with Crippen molar-refractivity contribution >= 4 is 15.9 Å². The number of ether oxygens (including phenoxy) is 1. The van der Waals surface area contributed by atoms with Gasteiger partial charge >= 0.3 is 0 Å². The zero-order valence-electron chi connectivity index (χ0n) is 9.86. The fourth-order valence-electron chi connectivity index (χ4n) is 2.61. The van der Waals surface area contributed by atoms with Crippen molar-refractivity contribution in [3.8, 4) is 0 Å². The zero-order valence-corrected chi connectivity index (χ0v) is 11.4. The predicted molar refractivity (Wildman–Crippen MR) is 71.9 cm³/mol. The number of hydrogen-bond acceptors (Lipinski definition) is 2. The fraction of sp³-hybridized carbons (Fsp3) is 0.571. The molecular formula is C14H18BrNO. The van der Waals surface area contributed by atoms with Crippen LogP contribution in [0.4, 0.5) is 0 Å². The molecule has 0 spiro atoms. The van der Waals surface area contributed by atoms with Crippen LogP contribution in [0.5, 0.6) is 0 Å². The molecule has 3 heteroatoms. The molecule has 2 aliphatic rings. The summed E-state index contributed by atoms with van der Waals surface area (Å²) in [5, 5.41) is 3.65. The van der Waals surface area contributed by atoms with E-state index in [9.17, 15) is 0 Å². The summed E-state index contributed by atoms with van der Waals surface area (Å²) in [5.41, 5.74) is 1.33. The third-order valence-electron chi connectivity index (χ3n) is 3.68. The third-order valence-corrected chi connectivity index (χ3v) is 4.17. The van der Waals surface area contributed by atoms with Gasteiger partial charge in [0.2, 0.25) is 0 Å². The average molecular weight is 296 g/mol. The van der Waals surface area contributed by atoms with Crippen molar-refractivity contribution in [2.24, 2.45) is 5.92 Å². The lowest BCUT2D eigenvalue weighted by Crippen LogP contribution is -2.37. The van der Waals surface area contributed by atoms with Crippen LogP contribution in [-0.2, 0) is 11.3 Å². The number of benzene rings is 1. The van der Waals surface area contributed by atoms with E-state index in [1.54, 1.807) is 0 Å². The third kappa shape index (κ3) is 2.90. The molecule has 17 heavy (non-hydrogen) atoms. The SMILES string of the molecule is Brc1cccc(CNC2CCOC2C2CC2)c1. The smallest absolute Gasteiger partial charge is 0.0757 e. The van der Waals surface area contributed by atoms with Gasteiger partial charge in [0.1, 0.15) is 0 Å². The zero-order chi connectivity index (χ0) is 11.7. The minimum Gasteiger partial charge on any atom is -0.376 e. The van der Waals surface area contributed by atoms with E-state index in [1.165, 1.54) is 18.4 Å². The van der Waals surface area contributed by atoms with Crippen LogP contribution >= 0.6 is 15.9 Å². The van der Waals surface area contributed by atoms with Crippen LogP contribution in [-0.4, -0.2) is 18.8 Å². The Labute approximate surface area is 111 Å². The van der Waals surface area contributed by atoms with Gasteiger partial charge in [-0.1, -0.05) is 28.1 Å². The summed E-state index contributed by atoms with van der Waals surface area (Å²) in [7, 11) is 0. The standard InChI is InChI=1S/C14H18BrNO/c15-12-3-1-2-10(8-12)9-16-13-6-7-17-14(13)11-4-5-11/h1-3,8,11,13-14,16H,4-7,9H2. The first-order valence-corrected chi connectivity index (χ1v) is 7.21. The molecule has 2 unspecified atom stereocenters. The number of hydrogen-bond donors (Lipinski definition) is 1. The van der Waals surface area contributed by atoms with Gasteiger partial charge in [0.25, 0.3) is 0 Å². The van der Waals surface area contributed by atoms with Crippen molar-refractivity contribution < 1.29 is 4.74 Å². The summed E-state index contributed by atoms with van der Waals surface area (Å²) in [5.74, 6) is 0.831. The summed E-state index contributed by atoms with van der Waals surface area (Å²) in [6, 6.07) is 9.05. The van der Waals surface area contributed by atoms with Crippen LogP contribution in [0.15, 0.2) is 28.7 Å². The lowest BCUT2D eigenvalue weighted by molar-refractivity contribution is 0.0809. The maximum Gasteiger partial charge on any atom is 0.0757 e. The first-order chi connectivity index (χ1) is 8.33.